The zero-order valence-corrected chi connectivity index (χ0v) is 16.2. The zero-order valence-electron chi connectivity index (χ0n) is 15.4. The third kappa shape index (κ3) is 3.14. The number of amides is 1. The Balaban J connectivity index is 1.74. The van der Waals surface area contributed by atoms with E-state index in [1.165, 1.54) is 0 Å². The van der Waals surface area contributed by atoms with E-state index in [9.17, 15) is 4.79 Å². The Kier molecular flexibility index (Phi) is 4.52. The zero-order chi connectivity index (χ0) is 19.1. The largest absolute Gasteiger partial charge is 0.398 e. The number of fused-ring (bicyclic) bond motifs is 1. The Hall–Kier alpha value is -2.60. The maximum atomic E-state index is 13.3. The minimum Gasteiger partial charge on any atom is -0.398 e. The van der Waals surface area contributed by atoms with Crippen molar-refractivity contribution in [2.45, 2.75) is 39.2 Å². The first-order valence-corrected chi connectivity index (χ1v) is 9.52. The van der Waals surface area contributed by atoms with Gasteiger partial charge in [-0.2, -0.15) is 5.10 Å². The first-order valence-electron chi connectivity index (χ1n) is 9.14. The molecule has 1 saturated heterocycles. The van der Waals surface area contributed by atoms with Crippen LogP contribution in [0.25, 0.3) is 5.65 Å². The number of rotatable bonds is 2. The minimum atomic E-state index is -0.0916. The Bertz CT molecular complexity index is 969. The second kappa shape index (κ2) is 6.85. The normalized spacial score (nSPS) is 17.4. The summed E-state index contributed by atoms with van der Waals surface area (Å²) in [7, 11) is 0. The van der Waals surface area contributed by atoms with E-state index < -0.39 is 0 Å². The van der Waals surface area contributed by atoms with Gasteiger partial charge in [0, 0.05) is 30.1 Å². The van der Waals surface area contributed by atoms with Gasteiger partial charge >= 0.3 is 0 Å². The van der Waals surface area contributed by atoms with Crippen LogP contribution in [0.4, 0.5) is 5.69 Å². The van der Waals surface area contributed by atoms with E-state index in [2.05, 4.69) is 10.1 Å². The van der Waals surface area contributed by atoms with Crippen molar-refractivity contribution in [2.75, 3.05) is 12.3 Å². The lowest BCUT2D eigenvalue weighted by atomic mass is 9.96. The average Bonchev–Trinajstić information content (AvgIpc) is 3.04. The van der Waals surface area contributed by atoms with Crippen molar-refractivity contribution < 1.29 is 4.79 Å². The highest BCUT2D eigenvalue weighted by Crippen LogP contribution is 2.33. The predicted octanol–water partition coefficient (Wildman–Crippen LogP) is 3.95. The second-order valence-corrected chi connectivity index (χ2v) is 7.49. The maximum absolute atomic E-state index is 13.3. The SMILES string of the molecule is Cc1cn2nc([C@@H]3CCCCN3C(=O)c3c(C)cccc3N)cc2nc1Cl. The van der Waals surface area contributed by atoms with E-state index in [-0.39, 0.29) is 11.9 Å². The Morgan fingerprint density at radius 3 is 2.85 bits per heavy atom. The van der Waals surface area contributed by atoms with Crippen LogP contribution in [-0.2, 0) is 0 Å². The molecule has 2 N–H and O–H groups in total. The van der Waals surface area contributed by atoms with Crippen LogP contribution in [0.2, 0.25) is 5.15 Å². The summed E-state index contributed by atoms with van der Waals surface area (Å²) in [6.45, 7) is 4.51. The highest BCUT2D eigenvalue weighted by Gasteiger charge is 2.32. The number of carbonyl (C=O) groups is 1. The van der Waals surface area contributed by atoms with E-state index in [0.29, 0.717) is 28.6 Å². The van der Waals surface area contributed by atoms with Gasteiger partial charge in [0.2, 0.25) is 0 Å². The highest BCUT2D eigenvalue weighted by atomic mass is 35.5. The Morgan fingerprint density at radius 2 is 2.07 bits per heavy atom. The van der Waals surface area contributed by atoms with Gasteiger partial charge in [-0.1, -0.05) is 23.7 Å². The number of nitrogens with zero attached hydrogens (tertiary/aromatic N) is 4. The van der Waals surface area contributed by atoms with Crippen molar-refractivity contribution >= 4 is 28.8 Å². The van der Waals surface area contributed by atoms with Gasteiger partial charge in [0.25, 0.3) is 5.91 Å². The number of benzene rings is 1. The first kappa shape index (κ1) is 17.8. The van der Waals surface area contributed by atoms with Crippen LogP contribution in [0.5, 0.6) is 0 Å². The van der Waals surface area contributed by atoms with E-state index in [1.54, 1.807) is 10.6 Å². The molecule has 2 aromatic heterocycles. The van der Waals surface area contributed by atoms with Crippen molar-refractivity contribution in [3.05, 3.63) is 58.0 Å². The number of carbonyl (C=O) groups excluding carboxylic acids is 1. The van der Waals surface area contributed by atoms with Gasteiger partial charge in [0.15, 0.2) is 5.65 Å². The van der Waals surface area contributed by atoms with Crippen LogP contribution >= 0.6 is 11.6 Å². The molecule has 27 heavy (non-hydrogen) atoms. The third-order valence-corrected chi connectivity index (χ3v) is 5.60. The number of aryl methyl sites for hydroxylation is 2. The predicted molar refractivity (Wildman–Crippen MR) is 106 cm³/mol. The molecule has 0 unspecified atom stereocenters. The van der Waals surface area contributed by atoms with Crippen LogP contribution < -0.4 is 5.73 Å². The molecule has 1 fully saturated rings. The summed E-state index contributed by atoms with van der Waals surface area (Å²) in [5.41, 5.74) is 10.5. The quantitative estimate of drug-likeness (QED) is 0.537. The van der Waals surface area contributed by atoms with E-state index in [0.717, 1.165) is 36.1 Å². The molecule has 1 aromatic carbocycles. The van der Waals surface area contributed by atoms with Gasteiger partial charge in [-0.05, 0) is 44.7 Å². The lowest BCUT2D eigenvalue weighted by molar-refractivity contribution is 0.0606. The number of nitrogen functional groups attached to an aromatic ring is 1. The minimum absolute atomic E-state index is 0.0328. The summed E-state index contributed by atoms with van der Waals surface area (Å²) in [5, 5.41) is 5.15. The molecule has 4 rings (SSSR count). The summed E-state index contributed by atoms with van der Waals surface area (Å²) in [6.07, 6.45) is 4.76. The maximum Gasteiger partial charge on any atom is 0.256 e. The number of halogens is 1. The summed E-state index contributed by atoms with van der Waals surface area (Å²) in [4.78, 5) is 19.6. The van der Waals surface area contributed by atoms with Crippen molar-refractivity contribution in [1.82, 2.24) is 19.5 Å². The standard InChI is InChI=1S/C20H22ClN5O/c1-12-6-5-7-14(22)18(12)20(27)25-9-4-3-8-16(25)15-10-17-23-19(21)13(2)11-26(17)24-15/h5-7,10-11,16H,3-4,8-9,22H2,1-2H3/t16-/m0/s1. The molecule has 0 radical (unpaired) electrons. The van der Waals surface area contributed by atoms with Gasteiger partial charge < -0.3 is 10.6 Å². The van der Waals surface area contributed by atoms with Crippen molar-refractivity contribution in [1.29, 1.82) is 0 Å². The molecule has 7 heteroatoms. The number of piperidine rings is 1. The summed E-state index contributed by atoms with van der Waals surface area (Å²) in [5.74, 6) is -0.0328. The Labute approximate surface area is 162 Å². The van der Waals surface area contributed by atoms with Crippen molar-refractivity contribution in [3.63, 3.8) is 0 Å². The molecule has 0 aliphatic carbocycles. The molecule has 0 saturated carbocycles. The summed E-state index contributed by atoms with van der Waals surface area (Å²) in [6, 6.07) is 7.39. The molecule has 1 aliphatic heterocycles. The molecule has 1 aliphatic rings. The molecule has 0 spiro atoms. The van der Waals surface area contributed by atoms with Crippen LogP contribution in [0.15, 0.2) is 30.5 Å². The van der Waals surface area contributed by atoms with E-state index >= 15 is 0 Å². The number of nitrogens with two attached hydrogens (primary N) is 1. The second-order valence-electron chi connectivity index (χ2n) is 7.14. The van der Waals surface area contributed by atoms with Crippen LogP contribution in [-0.4, -0.2) is 31.9 Å². The molecule has 3 aromatic rings. The van der Waals surface area contributed by atoms with E-state index in [4.69, 9.17) is 17.3 Å². The Morgan fingerprint density at radius 1 is 1.26 bits per heavy atom. The van der Waals surface area contributed by atoms with Crippen molar-refractivity contribution in [3.8, 4) is 0 Å². The smallest absolute Gasteiger partial charge is 0.256 e. The van der Waals surface area contributed by atoms with Gasteiger partial charge in [0.05, 0.1) is 17.3 Å². The molecule has 3 heterocycles. The van der Waals surface area contributed by atoms with Gasteiger partial charge in [0.1, 0.15) is 5.15 Å². The van der Waals surface area contributed by atoms with E-state index in [1.807, 2.05) is 43.1 Å². The number of aromatic nitrogens is 3. The van der Waals surface area contributed by atoms with Crippen molar-refractivity contribution in [2.24, 2.45) is 0 Å². The monoisotopic (exact) mass is 383 g/mol. The molecule has 0 bridgehead atoms. The lowest BCUT2D eigenvalue weighted by Gasteiger charge is -2.35. The topological polar surface area (TPSA) is 76.5 Å². The highest BCUT2D eigenvalue weighted by molar-refractivity contribution is 6.30. The third-order valence-electron chi connectivity index (χ3n) is 5.21. The molecular formula is C20H22ClN5O. The number of hydrogen-bond acceptors (Lipinski definition) is 4. The van der Waals surface area contributed by atoms with Gasteiger partial charge in [-0.15, -0.1) is 0 Å². The summed E-state index contributed by atoms with van der Waals surface area (Å²) < 4.78 is 1.73. The number of anilines is 1. The molecule has 6 nitrogen and oxygen atoms in total. The summed E-state index contributed by atoms with van der Waals surface area (Å²) >= 11 is 6.15. The van der Waals surface area contributed by atoms with Crippen LogP contribution in [0.3, 0.4) is 0 Å². The molecule has 1 atom stereocenters. The fourth-order valence-corrected chi connectivity index (χ4v) is 3.91. The molecule has 140 valence electrons. The lowest BCUT2D eigenvalue weighted by Crippen LogP contribution is -2.39. The van der Waals surface area contributed by atoms with Gasteiger partial charge in [-0.3, -0.25) is 4.79 Å². The number of likely N-dealkylation sites (tertiary alicyclic amines) is 1. The fraction of sp³-hybridized carbons (Fsp3) is 0.350. The molecule has 1 amide bonds. The number of hydrogen-bond donors (Lipinski definition) is 1. The van der Waals surface area contributed by atoms with Crippen LogP contribution in [0.1, 0.15) is 52.5 Å². The van der Waals surface area contributed by atoms with Crippen LogP contribution in [0, 0.1) is 13.8 Å². The average molecular weight is 384 g/mol. The molecular weight excluding hydrogens is 362 g/mol. The first-order chi connectivity index (χ1) is 13.0. The fourth-order valence-electron chi connectivity index (χ4n) is 3.78. The van der Waals surface area contributed by atoms with Gasteiger partial charge in [-0.25, -0.2) is 9.50 Å².